The van der Waals surface area contributed by atoms with Crippen LogP contribution in [-0.4, -0.2) is 5.11 Å². The van der Waals surface area contributed by atoms with Gasteiger partial charge in [0.15, 0.2) is 0 Å². The average molecular weight is 366 g/mol. The number of aliphatic hydroxyl groups is 1. The van der Waals surface area contributed by atoms with Crippen LogP contribution in [0.2, 0.25) is 5.02 Å². The summed E-state index contributed by atoms with van der Waals surface area (Å²) in [5, 5.41) is 10.1. The summed E-state index contributed by atoms with van der Waals surface area (Å²) in [5.41, 5.74) is 0.296. The van der Waals surface area contributed by atoms with Crippen molar-refractivity contribution < 1.29 is 9.50 Å². The molecule has 1 unspecified atom stereocenters. The molecule has 1 aromatic rings. The van der Waals surface area contributed by atoms with E-state index in [9.17, 15) is 9.50 Å². The fourth-order valence-electron chi connectivity index (χ4n) is 2.25. The second kappa shape index (κ2) is 9.75. The van der Waals surface area contributed by atoms with Gasteiger partial charge in [-0.1, -0.05) is 69.5 Å². The van der Waals surface area contributed by atoms with Gasteiger partial charge in [-0.15, -0.1) is 0 Å². The number of aliphatic hydroxyl groups excluding tert-OH is 1. The Morgan fingerprint density at radius 1 is 1.15 bits per heavy atom. The quantitative estimate of drug-likeness (QED) is 0.395. The predicted octanol–water partition coefficient (Wildman–Crippen LogP) is 6.42. The second-order valence-electron chi connectivity index (χ2n) is 5.19. The molecule has 0 aliphatic rings. The molecule has 0 spiro atoms. The number of halogens is 3. The van der Waals surface area contributed by atoms with E-state index >= 15 is 0 Å². The van der Waals surface area contributed by atoms with Gasteiger partial charge in [-0.05, 0) is 28.4 Å². The van der Waals surface area contributed by atoms with Crippen molar-refractivity contribution in [1.82, 2.24) is 0 Å². The van der Waals surface area contributed by atoms with E-state index in [1.807, 2.05) is 0 Å². The lowest BCUT2D eigenvalue weighted by molar-refractivity contribution is 0.159. The van der Waals surface area contributed by atoms with E-state index in [1.165, 1.54) is 32.1 Å². The summed E-state index contributed by atoms with van der Waals surface area (Å²) in [5.74, 6) is -0.517. The monoisotopic (exact) mass is 364 g/mol. The highest BCUT2D eigenvalue weighted by molar-refractivity contribution is 9.10. The zero-order valence-electron chi connectivity index (χ0n) is 12.0. The minimum absolute atomic E-state index is 0.0427. The van der Waals surface area contributed by atoms with Gasteiger partial charge in [-0.25, -0.2) is 4.39 Å². The van der Waals surface area contributed by atoms with E-state index in [0.29, 0.717) is 16.5 Å². The van der Waals surface area contributed by atoms with Crippen LogP contribution in [0.3, 0.4) is 0 Å². The smallest absolute Gasteiger partial charge is 0.148 e. The van der Waals surface area contributed by atoms with E-state index in [-0.39, 0.29) is 5.02 Å². The van der Waals surface area contributed by atoms with E-state index < -0.39 is 11.9 Å². The molecular formula is C16H23BrClFO. The largest absolute Gasteiger partial charge is 0.388 e. The van der Waals surface area contributed by atoms with Gasteiger partial charge >= 0.3 is 0 Å². The highest BCUT2D eigenvalue weighted by atomic mass is 79.9. The predicted molar refractivity (Wildman–Crippen MR) is 86.7 cm³/mol. The van der Waals surface area contributed by atoms with Crippen LogP contribution in [-0.2, 0) is 0 Å². The van der Waals surface area contributed by atoms with Crippen LogP contribution in [0.4, 0.5) is 4.39 Å². The van der Waals surface area contributed by atoms with Crippen LogP contribution in [0, 0.1) is 5.82 Å². The second-order valence-corrected chi connectivity index (χ2v) is 6.42. The topological polar surface area (TPSA) is 20.2 Å². The average Bonchev–Trinajstić information content (AvgIpc) is 2.43. The molecule has 0 saturated carbocycles. The number of rotatable bonds is 9. The van der Waals surface area contributed by atoms with Gasteiger partial charge in [0.2, 0.25) is 0 Å². The Morgan fingerprint density at radius 3 is 2.40 bits per heavy atom. The molecule has 0 aliphatic heterocycles. The summed E-state index contributed by atoms with van der Waals surface area (Å²) in [4.78, 5) is 0. The number of benzene rings is 1. The van der Waals surface area contributed by atoms with E-state index in [0.717, 1.165) is 12.8 Å². The van der Waals surface area contributed by atoms with Crippen LogP contribution in [0.5, 0.6) is 0 Å². The van der Waals surface area contributed by atoms with Crippen molar-refractivity contribution in [2.45, 2.75) is 64.4 Å². The Morgan fingerprint density at radius 2 is 1.75 bits per heavy atom. The standard InChI is InChI=1S/C16H23BrClFO/c1-2-3-4-5-6-7-8-9-14(20)12-10-11-13(17)15(18)16(12)19/h10-11,14,20H,2-9H2,1H3. The maximum atomic E-state index is 13.9. The van der Waals surface area contributed by atoms with Gasteiger partial charge in [0.1, 0.15) is 5.82 Å². The van der Waals surface area contributed by atoms with Gasteiger partial charge in [-0.2, -0.15) is 0 Å². The van der Waals surface area contributed by atoms with Gasteiger partial charge in [0, 0.05) is 10.0 Å². The van der Waals surface area contributed by atoms with Gasteiger partial charge in [0.05, 0.1) is 11.1 Å². The Labute approximate surface area is 134 Å². The van der Waals surface area contributed by atoms with E-state index in [1.54, 1.807) is 12.1 Å². The zero-order valence-corrected chi connectivity index (χ0v) is 14.3. The van der Waals surface area contributed by atoms with Gasteiger partial charge in [-0.3, -0.25) is 0 Å². The highest BCUT2D eigenvalue weighted by Gasteiger charge is 2.16. The molecular weight excluding hydrogens is 343 g/mol. The molecule has 1 rings (SSSR count). The molecule has 0 saturated heterocycles. The fraction of sp³-hybridized carbons (Fsp3) is 0.625. The Balaban J connectivity index is 2.33. The summed E-state index contributed by atoms with van der Waals surface area (Å²) in [6.45, 7) is 2.20. The molecule has 114 valence electrons. The first-order valence-corrected chi connectivity index (χ1v) is 8.56. The lowest BCUT2D eigenvalue weighted by atomic mass is 10.0. The zero-order chi connectivity index (χ0) is 15.0. The number of hydrogen-bond donors (Lipinski definition) is 1. The summed E-state index contributed by atoms with van der Waals surface area (Å²) < 4.78 is 14.4. The molecule has 0 radical (unpaired) electrons. The molecule has 0 amide bonds. The molecule has 20 heavy (non-hydrogen) atoms. The summed E-state index contributed by atoms with van der Waals surface area (Å²) in [6.07, 6.45) is 8.11. The minimum Gasteiger partial charge on any atom is -0.388 e. The van der Waals surface area contributed by atoms with Crippen LogP contribution < -0.4 is 0 Å². The lowest BCUT2D eigenvalue weighted by Crippen LogP contribution is -2.01. The fourth-order valence-corrected chi connectivity index (χ4v) is 2.73. The van der Waals surface area contributed by atoms with Crippen LogP contribution >= 0.6 is 27.5 Å². The van der Waals surface area contributed by atoms with Crippen molar-refractivity contribution in [3.63, 3.8) is 0 Å². The SMILES string of the molecule is CCCCCCCCCC(O)c1ccc(Br)c(Cl)c1F. The van der Waals surface area contributed by atoms with Crippen molar-refractivity contribution in [3.05, 3.63) is 33.0 Å². The summed E-state index contributed by atoms with van der Waals surface area (Å²) in [7, 11) is 0. The molecule has 1 nitrogen and oxygen atoms in total. The molecule has 1 atom stereocenters. The van der Waals surface area contributed by atoms with Crippen molar-refractivity contribution in [2.24, 2.45) is 0 Å². The lowest BCUT2D eigenvalue weighted by Gasteiger charge is -2.13. The number of unbranched alkanes of at least 4 members (excludes halogenated alkanes) is 6. The van der Waals surface area contributed by atoms with E-state index in [4.69, 9.17) is 11.6 Å². The van der Waals surface area contributed by atoms with Crippen molar-refractivity contribution in [3.8, 4) is 0 Å². The maximum Gasteiger partial charge on any atom is 0.148 e. The first-order valence-electron chi connectivity index (χ1n) is 7.39. The molecule has 0 heterocycles. The first-order chi connectivity index (χ1) is 9.57. The van der Waals surface area contributed by atoms with Crippen molar-refractivity contribution in [2.75, 3.05) is 0 Å². The highest BCUT2D eigenvalue weighted by Crippen LogP contribution is 2.32. The summed E-state index contributed by atoms with van der Waals surface area (Å²) in [6, 6.07) is 3.27. The minimum atomic E-state index is -0.767. The third kappa shape index (κ3) is 5.71. The van der Waals surface area contributed by atoms with Crippen molar-refractivity contribution in [1.29, 1.82) is 0 Å². The third-order valence-electron chi connectivity index (χ3n) is 3.51. The van der Waals surface area contributed by atoms with Crippen LogP contribution in [0.1, 0.15) is 70.0 Å². The molecule has 1 aromatic carbocycles. The molecule has 4 heteroatoms. The number of hydrogen-bond acceptors (Lipinski definition) is 1. The summed E-state index contributed by atoms with van der Waals surface area (Å²) >= 11 is 9.00. The van der Waals surface area contributed by atoms with Crippen molar-refractivity contribution >= 4 is 27.5 Å². The van der Waals surface area contributed by atoms with Crippen LogP contribution in [0.15, 0.2) is 16.6 Å². The first kappa shape index (κ1) is 17.9. The maximum absolute atomic E-state index is 13.9. The van der Waals surface area contributed by atoms with Gasteiger partial charge < -0.3 is 5.11 Å². The molecule has 0 fully saturated rings. The Hall–Kier alpha value is -0.120. The third-order valence-corrected chi connectivity index (χ3v) is 4.76. The normalized spacial score (nSPS) is 12.7. The van der Waals surface area contributed by atoms with Gasteiger partial charge in [0.25, 0.3) is 0 Å². The molecule has 0 aliphatic carbocycles. The molecule has 0 aromatic heterocycles. The Kier molecular flexibility index (Phi) is 8.74. The van der Waals surface area contributed by atoms with Crippen LogP contribution in [0.25, 0.3) is 0 Å². The molecule has 1 N–H and O–H groups in total. The van der Waals surface area contributed by atoms with E-state index in [2.05, 4.69) is 22.9 Å². The Bertz CT molecular complexity index is 412. The molecule has 0 bridgehead atoms.